The fourth-order valence-corrected chi connectivity index (χ4v) is 6.85. The molecular weight excluding hydrogens is 747 g/mol. The first-order valence-corrected chi connectivity index (χ1v) is 19.6. The molecule has 58 heavy (non-hydrogen) atoms. The summed E-state index contributed by atoms with van der Waals surface area (Å²) in [6.07, 6.45) is 1.91. The highest BCUT2D eigenvalue weighted by Gasteiger charge is 2.51. The number of fused-ring (bicyclic) bond motifs is 3. The fourth-order valence-electron chi connectivity index (χ4n) is 6.85. The first-order chi connectivity index (χ1) is 27.7. The first kappa shape index (κ1) is 43.1. The van der Waals surface area contributed by atoms with E-state index in [0.717, 1.165) is 5.39 Å². The van der Waals surface area contributed by atoms with E-state index in [0.29, 0.717) is 85.4 Å². The number of nitrogen functional groups attached to an aromatic ring is 1. The summed E-state index contributed by atoms with van der Waals surface area (Å²) < 4.78 is 7.56. The van der Waals surface area contributed by atoms with Crippen molar-refractivity contribution in [2.24, 2.45) is 16.9 Å². The second kappa shape index (κ2) is 19.0. The third-order valence-electron chi connectivity index (χ3n) is 10.1. The predicted octanol–water partition coefficient (Wildman–Crippen LogP) is 2.60. The highest BCUT2D eigenvalue weighted by molar-refractivity contribution is 6.08. The van der Waals surface area contributed by atoms with Gasteiger partial charge >= 0.3 is 12.1 Å². The molecule has 11 N–H and O–H groups in total. The Kier molecular flexibility index (Phi) is 14.1. The van der Waals surface area contributed by atoms with E-state index in [1.54, 1.807) is 38.1 Å². The van der Waals surface area contributed by atoms with Crippen molar-refractivity contribution in [3.8, 4) is 0 Å². The molecule has 2 aromatic heterocycles. The molecule has 4 aromatic rings. The summed E-state index contributed by atoms with van der Waals surface area (Å²) in [7, 11) is 0. The molecule has 18 heteroatoms. The third kappa shape index (κ3) is 10.5. The number of hydrogen-bond donors (Lipinski definition) is 8. The molecule has 1 atom stereocenters. The number of carbonyl (C=O) groups is 5. The maximum absolute atomic E-state index is 13.5. The normalized spacial score (nSPS) is 13.9. The summed E-state index contributed by atoms with van der Waals surface area (Å²) >= 11 is 0. The highest BCUT2D eigenvalue weighted by atomic mass is 16.6. The number of amides is 6. The average molecular weight is 802 g/mol. The van der Waals surface area contributed by atoms with Crippen LogP contribution in [0.4, 0.5) is 21.1 Å². The summed E-state index contributed by atoms with van der Waals surface area (Å²) in [5, 5.41) is 22.5. The molecule has 0 saturated heterocycles. The zero-order chi connectivity index (χ0) is 42.0. The molecule has 1 fully saturated rings. The van der Waals surface area contributed by atoms with E-state index in [-0.39, 0.29) is 44.4 Å². The quantitative estimate of drug-likeness (QED) is 0.0504. The zero-order valence-corrected chi connectivity index (χ0v) is 33.3. The number of hydrogen-bond acceptors (Lipinski definition) is 11. The van der Waals surface area contributed by atoms with Gasteiger partial charge in [0.15, 0.2) is 5.82 Å². The number of imidazole rings is 1. The first-order valence-electron chi connectivity index (χ1n) is 19.6. The number of benzene rings is 2. The van der Waals surface area contributed by atoms with Crippen LogP contribution in [0.25, 0.3) is 21.9 Å². The molecule has 2 aromatic carbocycles. The van der Waals surface area contributed by atoms with E-state index < -0.39 is 41.0 Å². The van der Waals surface area contributed by atoms with Crippen LogP contribution in [0.2, 0.25) is 0 Å². The monoisotopic (exact) mass is 801 g/mol. The molecule has 312 valence electrons. The van der Waals surface area contributed by atoms with E-state index >= 15 is 0 Å². The van der Waals surface area contributed by atoms with Crippen LogP contribution in [0.1, 0.15) is 70.7 Å². The molecule has 1 aliphatic rings. The van der Waals surface area contributed by atoms with E-state index in [1.807, 2.05) is 35.8 Å². The van der Waals surface area contributed by atoms with E-state index in [1.165, 1.54) is 4.90 Å². The summed E-state index contributed by atoms with van der Waals surface area (Å²) in [4.78, 5) is 75.4. The van der Waals surface area contributed by atoms with Crippen molar-refractivity contribution in [1.82, 2.24) is 35.4 Å². The van der Waals surface area contributed by atoms with Gasteiger partial charge in [-0.1, -0.05) is 36.8 Å². The molecule has 0 unspecified atom stereocenters. The van der Waals surface area contributed by atoms with Crippen LogP contribution in [0, 0.1) is 5.41 Å². The number of nitrogens with zero attached hydrogens (tertiary/aromatic N) is 4. The Balaban J connectivity index is 1.23. The topological polar surface area (TPSA) is 275 Å². The van der Waals surface area contributed by atoms with Crippen molar-refractivity contribution in [3.05, 3.63) is 59.9 Å². The van der Waals surface area contributed by atoms with Crippen molar-refractivity contribution in [2.75, 3.05) is 37.2 Å². The number of aromatic nitrogens is 3. The van der Waals surface area contributed by atoms with Gasteiger partial charge in [0, 0.05) is 30.7 Å². The number of aliphatic hydroxyl groups is 1. The molecule has 5 rings (SSSR count). The zero-order valence-electron chi connectivity index (χ0n) is 33.3. The van der Waals surface area contributed by atoms with Crippen molar-refractivity contribution < 1.29 is 33.8 Å². The molecular formula is C40H55N11O7. The molecule has 6 amide bonds. The molecule has 0 bridgehead atoms. The summed E-state index contributed by atoms with van der Waals surface area (Å²) in [5.41, 5.74) is 17.6. The van der Waals surface area contributed by atoms with Gasteiger partial charge in [0.25, 0.3) is 0 Å². The lowest BCUT2D eigenvalue weighted by Gasteiger charge is -2.39. The fraction of sp³-hybridized carbons (Fsp3) is 0.475. The van der Waals surface area contributed by atoms with E-state index in [2.05, 4.69) is 26.3 Å². The number of ether oxygens (including phenoxy) is 1. The van der Waals surface area contributed by atoms with Gasteiger partial charge in [0.1, 0.15) is 29.4 Å². The van der Waals surface area contributed by atoms with Crippen molar-refractivity contribution >= 4 is 63.3 Å². The Hall–Kier alpha value is -6.01. The molecule has 18 nitrogen and oxygen atoms in total. The minimum absolute atomic E-state index is 0.0634. The SMILES string of the molecule is CCN(Cc1nc2c(N)nc3ccccc3c2n1CC(C)(C)O)C(=O)OCc1ccc(NC(=O)[C@H](CCCNC(N)=O)NC(=O)C2(C(=O)NCCCN)CCC2)cc1. The van der Waals surface area contributed by atoms with Crippen molar-refractivity contribution in [2.45, 2.75) is 90.6 Å². The molecule has 0 radical (unpaired) electrons. The van der Waals surface area contributed by atoms with E-state index in [9.17, 15) is 29.1 Å². The lowest BCUT2D eigenvalue weighted by molar-refractivity contribution is -0.150. The number of nitrogens with one attached hydrogen (secondary N) is 4. The van der Waals surface area contributed by atoms with Crippen LogP contribution in [0.3, 0.4) is 0 Å². The number of nitrogens with two attached hydrogens (primary N) is 3. The van der Waals surface area contributed by atoms with Gasteiger partial charge in [-0.3, -0.25) is 14.4 Å². The van der Waals surface area contributed by atoms with Gasteiger partial charge < -0.3 is 57.8 Å². The number of para-hydroxylation sites is 1. The maximum Gasteiger partial charge on any atom is 0.410 e. The summed E-state index contributed by atoms with van der Waals surface area (Å²) in [5.74, 6) is -0.681. The Morgan fingerprint density at radius 1 is 1.00 bits per heavy atom. The van der Waals surface area contributed by atoms with Gasteiger partial charge in [-0.2, -0.15) is 0 Å². The number of anilines is 2. The Labute approximate surface area is 336 Å². The lowest BCUT2D eigenvalue weighted by Crippen LogP contribution is -2.58. The smallest absolute Gasteiger partial charge is 0.410 e. The third-order valence-corrected chi connectivity index (χ3v) is 10.1. The molecule has 2 heterocycles. The molecule has 0 aliphatic heterocycles. The van der Waals surface area contributed by atoms with Crippen LogP contribution in [0.5, 0.6) is 0 Å². The minimum atomic E-state index is -1.27. The van der Waals surface area contributed by atoms with Crippen LogP contribution in [0.15, 0.2) is 48.5 Å². The standard InChI is InChI=1S/C40H55N11O7/c1-4-50(22-30-49-31-32(51(30)24-39(2,3)57)27-10-5-6-11-28(27)47-33(31)42)38(56)58-23-25-13-15-26(16-14-25)46-34(52)29(12-7-20-45-37(43)55)48-36(54)40(17-8-18-40)35(53)44-21-9-19-41/h5-6,10-11,13-16,29,57H,4,7-9,12,17-24,41H2,1-3H3,(H2,42,47)(H,44,53)(H,46,52)(H,48,54)(H3,43,45,55)/t29-/m0/s1. The van der Waals surface area contributed by atoms with E-state index in [4.69, 9.17) is 26.9 Å². The summed E-state index contributed by atoms with van der Waals surface area (Å²) in [6.45, 7) is 6.65. The number of primary amides is 1. The summed E-state index contributed by atoms with van der Waals surface area (Å²) in [6, 6.07) is 12.5. The van der Waals surface area contributed by atoms with Gasteiger partial charge in [0.05, 0.1) is 29.7 Å². The van der Waals surface area contributed by atoms with Crippen LogP contribution >= 0.6 is 0 Å². The van der Waals surface area contributed by atoms with Crippen LogP contribution in [-0.4, -0.2) is 92.2 Å². The molecule has 1 saturated carbocycles. The Morgan fingerprint density at radius 2 is 1.71 bits per heavy atom. The van der Waals surface area contributed by atoms with Gasteiger partial charge in [-0.05, 0) is 83.2 Å². The maximum atomic E-state index is 13.5. The second-order valence-electron chi connectivity index (χ2n) is 15.2. The van der Waals surface area contributed by atoms with Crippen LogP contribution in [-0.2, 0) is 38.8 Å². The number of rotatable bonds is 19. The number of carbonyl (C=O) groups excluding carboxylic acids is 5. The number of urea groups is 1. The van der Waals surface area contributed by atoms with Crippen molar-refractivity contribution in [3.63, 3.8) is 0 Å². The second-order valence-corrected chi connectivity index (χ2v) is 15.2. The molecule has 1 aliphatic carbocycles. The largest absolute Gasteiger partial charge is 0.445 e. The lowest BCUT2D eigenvalue weighted by atomic mass is 9.67. The van der Waals surface area contributed by atoms with Gasteiger partial charge in [-0.25, -0.2) is 19.6 Å². The Morgan fingerprint density at radius 3 is 2.34 bits per heavy atom. The van der Waals surface area contributed by atoms with Crippen molar-refractivity contribution in [1.29, 1.82) is 0 Å². The van der Waals surface area contributed by atoms with Gasteiger partial charge in [-0.15, -0.1) is 0 Å². The van der Waals surface area contributed by atoms with Gasteiger partial charge in [0.2, 0.25) is 17.7 Å². The Bertz CT molecular complexity index is 2110. The minimum Gasteiger partial charge on any atom is -0.445 e. The average Bonchev–Trinajstić information content (AvgIpc) is 3.51. The highest BCUT2D eigenvalue weighted by Crippen LogP contribution is 2.41. The predicted molar refractivity (Wildman–Crippen MR) is 219 cm³/mol. The van der Waals surface area contributed by atoms with Crippen LogP contribution < -0.4 is 38.5 Å². The number of pyridine rings is 1. The molecule has 0 spiro atoms.